The van der Waals surface area contributed by atoms with Crippen molar-refractivity contribution in [1.82, 2.24) is 10.3 Å². The Hall–Kier alpha value is -3.67. The van der Waals surface area contributed by atoms with Gasteiger partial charge in [-0.1, -0.05) is 36.4 Å². The summed E-state index contributed by atoms with van der Waals surface area (Å²) in [5, 5.41) is 5.62. The Morgan fingerprint density at radius 1 is 1.00 bits per heavy atom. The molecule has 6 heteroatoms. The number of ether oxygens (including phenoxy) is 1. The first kappa shape index (κ1) is 19.1. The van der Waals surface area contributed by atoms with Gasteiger partial charge in [0.15, 0.2) is 0 Å². The van der Waals surface area contributed by atoms with Crippen LogP contribution < -0.4 is 15.4 Å². The van der Waals surface area contributed by atoms with Crippen molar-refractivity contribution in [3.05, 3.63) is 89.2 Å². The SMILES string of the molecule is COc1ccc(C)cc1NC(=O)c1ccnc(C(=O)NCc2ccccc2)c1. The molecular weight excluding hydrogens is 354 g/mol. The van der Waals surface area contributed by atoms with Gasteiger partial charge in [-0.05, 0) is 42.3 Å². The molecule has 28 heavy (non-hydrogen) atoms. The monoisotopic (exact) mass is 375 g/mol. The van der Waals surface area contributed by atoms with Crippen LogP contribution in [-0.4, -0.2) is 23.9 Å². The standard InChI is InChI=1S/C22H21N3O3/c1-15-8-9-20(28-2)18(12-15)25-21(26)17-10-11-23-19(13-17)22(27)24-14-16-6-4-3-5-7-16/h3-13H,14H2,1-2H3,(H,24,27)(H,25,26). The molecule has 0 aliphatic heterocycles. The van der Waals surface area contributed by atoms with Gasteiger partial charge in [-0.3, -0.25) is 14.6 Å². The van der Waals surface area contributed by atoms with E-state index in [0.717, 1.165) is 11.1 Å². The van der Waals surface area contributed by atoms with Gasteiger partial charge in [0, 0.05) is 18.3 Å². The first-order valence-electron chi connectivity index (χ1n) is 8.81. The zero-order valence-electron chi connectivity index (χ0n) is 15.7. The molecule has 0 unspecified atom stereocenters. The molecule has 0 aliphatic rings. The van der Waals surface area contributed by atoms with Crippen LogP contribution in [0.1, 0.15) is 32.0 Å². The number of anilines is 1. The van der Waals surface area contributed by atoms with Gasteiger partial charge in [-0.15, -0.1) is 0 Å². The van der Waals surface area contributed by atoms with Crippen LogP contribution in [0.25, 0.3) is 0 Å². The van der Waals surface area contributed by atoms with Gasteiger partial charge in [0.2, 0.25) is 0 Å². The van der Waals surface area contributed by atoms with Crippen molar-refractivity contribution in [2.24, 2.45) is 0 Å². The van der Waals surface area contributed by atoms with Gasteiger partial charge < -0.3 is 15.4 Å². The maximum atomic E-state index is 12.6. The number of carbonyl (C=O) groups is 2. The van der Waals surface area contributed by atoms with Crippen molar-refractivity contribution in [3.63, 3.8) is 0 Å². The molecule has 1 aromatic heterocycles. The number of rotatable bonds is 6. The highest BCUT2D eigenvalue weighted by Gasteiger charge is 2.14. The molecule has 2 N–H and O–H groups in total. The lowest BCUT2D eigenvalue weighted by atomic mass is 10.1. The van der Waals surface area contributed by atoms with Crippen LogP contribution in [0.15, 0.2) is 66.9 Å². The molecule has 0 bridgehead atoms. The lowest BCUT2D eigenvalue weighted by Crippen LogP contribution is -2.24. The van der Waals surface area contributed by atoms with Crippen LogP contribution in [0.5, 0.6) is 5.75 Å². The Labute approximate surface area is 163 Å². The van der Waals surface area contributed by atoms with Gasteiger partial charge in [-0.25, -0.2) is 0 Å². The summed E-state index contributed by atoms with van der Waals surface area (Å²) >= 11 is 0. The van der Waals surface area contributed by atoms with Crippen LogP contribution in [0, 0.1) is 6.92 Å². The molecule has 2 aromatic carbocycles. The highest BCUT2D eigenvalue weighted by atomic mass is 16.5. The normalized spacial score (nSPS) is 10.2. The maximum absolute atomic E-state index is 12.6. The number of nitrogens with zero attached hydrogens (tertiary/aromatic N) is 1. The van der Waals surface area contributed by atoms with E-state index in [1.165, 1.54) is 12.3 Å². The minimum absolute atomic E-state index is 0.180. The molecule has 0 fully saturated rings. The molecule has 0 atom stereocenters. The summed E-state index contributed by atoms with van der Waals surface area (Å²) < 4.78 is 5.28. The highest BCUT2D eigenvalue weighted by molar-refractivity contribution is 6.06. The summed E-state index contributed by atoms with van der Waals surface area (Å²) in [5.41, 5.74) is 3.06. The number of benzene rings is 2. The second-order valence-electron chi connectivity index (χ2n) is 6.26. The molecule has 0 aliphatic carbocycles. The van der Waals surface area contributed by atoms with Crippen LogP contribution in [0.4, 0.5) is 5.69 Å². The number of carbonyl (C=O) groups excluding carboxylic acids is 2. The average Bonchev–Trinajstić information content (AvgIpc) is 2.73. The summed E-state index contributed by atoms with van der Waals surface area (Å²) in [5.74, 6) is -0.121. The van der Waals surface area contributed by atoms with E-state index in [2.05, 4.69) is 15.6 Å². The summed E-state index contributed by atoms with van der Waals surface area (Å²) in [6, 6.07) is 18.1. The molecule has 0 spiro atoms. The molecule has 0 saturated heterocycles. The molecule has 2 amide bonds. The second kappa shape index (κ2) is 8.81. The lowest BCUT2D eigenvalue weighted by Gasteiger charge is -2.11. The number of hydrogen-bond acceptors (Lipinski definition) is 4. The zero-order valence-corrected chi connectivity index (χ0v) is 15.7. The smallest absolute Gasteiger partial charge is 0.270 e. The van der Waals surface area contributed by atoms with E-state index in [9.17, 15) is 9.59 Å². The minimum atomic E-state index is -0.344. The van der Waals surface area contributed by atoms with Crippen molar-refractivity contribution < 1.29 is 14.3 Å². The zero-order chi connectivity index (χ0) is 19.9. The lowest BCUT2D eigenvalue weighted by molar-refractivity contribution is 0.0946. The molecule has 3 aromatic rings. The predicted molar refractivity (Wildman–Crippen MR) is 108 cm³/mol. The Morgan fingerprint density at radius 3 is 2.54 bits per heavy atom. The average molecular weight is 375 g/mol. The van der Waals surface area contributed by atoms with Gasteiger partial charge in [0.05, 0.1) is 12.8 Å². The second-order valence-corrected chi connectivity index (χ2v) is 6.26. The fraction of sp³-hybridized carbons (Fsp3) is 0.136. The molecular formula is C22H21N3O3. The Kier molecular flexibility index (Phi) is 6.01. The molecule has 0 radical (unpaired) electrons. The highest BCUT2D eigenvalue weighted by Crippen LogP contribution is 2.25. The van der Waals surface area contributed by atoms with Crippen LogP contribution >= 0.6 is 0 Å². The van der Waals surface area contributed by atoms with Crippen molar-refractivity contribution >= 4 is 17.5 Å². The van der Waals surface area contributed by atoms with Gasteiger partial charge in [0.25, 0.3) is 11.8 Å². The molecule has 3 rings (SSSR count). The maximum Gasteiger partial charge on any atom is 0.270 e. The van der Waals surface area contributed by atoms with Crippen LogP contribution in [-0.2, 0) is 6.54 Å². The third kappa shape index (κ3) is 4.73. The minimum Gasteiger partial charge on any atom is -0.495 e. The van der Waals surface area contributed by atoms with E-state index in [-0.39, 0.29) is 17.5 Å². The van der Waals surface area contributed by atoms with E-state index in [4.69, 9.17) is 4.74 Å². The third-order valence-electron chi connectivity index (χ3n) is 4.15. The number of hydrogen-bond donors (Lipinski definition) is 2. The Morgan fingerprint density at radius 2 is 1.79 bits per heavy atom. The van der Waals surface area contributed by atoms with Gasteiger partial charge >= 0.3 is 0 Å². The third-order valence-corrected chi connectivity index (χ3v) is 4.15. The summed E-state index contributed by atoms with van der Waals surface area (Å²) in [7, 11) is 1.54. The molecule has 142 valence electrons. The first-order chi connectivity index (χ1) is 13.6. The van der Waals surface area contributed by atoms with Crippen molar-refractivity contribution in [2.75, 3.05) is 12.4 Å². The molecule has 1 heterocycles. The number of aromatic nitrogens is 1. The fourth-order valence-corrected chi connectivity index (χ4v) is 2.68. The van der Waals surface area contributed by atoms with Crippen LogP contribution in [0.2, 0.25) is 0 Å². The quantitative estimate of drug-likeness (QED) is 0.690. The Balaban J connectivity index is 1.71. The number of amides is 2. The van der Waals surface area contributed by atoms with E-state index < -0.39 is 0 Å². The number of pyridine rings is 1. The van der Waals surface area contributed by atoms with Crippen molar-refractivity contribution in [2.45, 2.75) is 13.5 Å². The van der Waals surface area contributed by atoms with E-state index >= 15 is 0 Å². The van der Waals surface area contributed by atoms with Crippen molar-refractivity contribution in [1.29, 1.82) is 0 Å². The predicted octanol–water partition coefficient (Wildman–Crippen LogP) is 3.58. The van der Waals surface area contributed by atoms with Crippen molar-refractivity contribution in [3.8, 4) is 5.75 Å². The first-order valence-corrected chi connectivity index (χ1v) is 8.81. The summed E-state index contributed by atoms with van der Waals surface area (Å²) in [4.78, 5) is 29.1. The molecule has 6 nitrogen and oxygen atoms in total. The van der Waals surface area contributed by atoms with E-state index in [0.29, 0.717) is 23.5 Å². The van der Waals surface area contributed by atoms with E-state index in [1.54, 1.807) is 19.2 Å². The fourth-order valence-electron chi connectivity index (χ4n) is 2.68. The van der Waals surface area contributed by atoms with Crippen LogP contribution in [0.3, 0.4) is 0 Å². The van der Waals surface area contributed by atoms with E-state index in [1.807, 2.05) is 49.4 Å². The number of methoxy groups -OCH3 is 1. The topological polar surface area (TPSA) is 80.3 Å². The van der Waals surface area contributed by atoms with Gasteiger partial charge in [0.1, 0.15) is 11.4 Å². The summed E-state index contributed by atoms with van der Waals surface area (Å²) in [6.07, 6.45) is 1.44. The number of nitrogens with one attached hydrogen (secondary N) is 2. The largest absolute Gasteiger partial charge is 0.495 e. The Bertz CT molecular complexity index is 987. The number of aryl methyl sites for hydroxylation is 1. The summed E-state index contributed by atoms with van der Waals surface area (Å²) in [6.45, 7) is 2.31. The molecule has 0 saturated carbocycles. The van der Waals surface area contributed by atoms with Gasteiger partial charge in [-0.2, -0.15) is 0 Å².